The van der Waals surface area contributed by atoms with E-state index in [2.05, 4.69) is 41.8 Å². The van der Waals surface area contributed by atoms with Gasteiger partial charge in [0.25, 0.3) is 10.3 Å². The summed E-state index contributed by atoms with van der Waals surface area (Å²) in [6.07, 6.45) is 0.889. The molecule has 0 fully saturated rings. The summed E-state index contributed by atoms with van der Waals surface area (Å²) in [4.78, 5) is 0. The van der Waals surface area contributed by atoms with Crippen molar-refractivity contribution < 1.29 is 9.47 Å². The van der Waals surface area contributed by atoms with E-state index in [1.807, 2.05) is 20.8 Å². The van der Waals surface area contributed by atoms with Gasteiger partial charge >= 0.3 is 0 Å². The fourth-order valence-electron chi connectivity index (χ4n) is 0.380. The predicted octanol–water partition coefficient (Wildman–Crippen LogP) is 1.86. The molecule has 0 aliphatic heterocycles. The average Bonchev–Trinajstić information content (AvgIpc) is 2.21. The van der Waals surface area contributed by atoms with E-state index < -0.39 is 0 Å². The van der Waals surface area contributed by atoms with Crippen molar-refractivity contribution in [2.45, 2.75) is 27.2 Å². The van der Waals surface area contributed by atoms with Gasteiger partial charge in [-0.25, -0.2) is 0 Å². The van der Waals surface area contributed by atoms with Crippen LogP contribution in [0.25, 0.3) is 0 Å². The Hall–Kier alpha value is -0.270. The standard InChI is InChI=1S/C4H9NOS2.C3H7NOS.C2H6/c5-4(8)6-2-1-3-7;1-2-5-3(4)6;1-2/h7H,1-3H2,(H2,5,8);2H2,1H3,(H2,4,6);1-2H3. The average molecular weight is 286 g/mol. The monoisotopic (exact) mass is 286 g/mol. The summed E-state index contributed by atoms with van der Waals surface area (Å²) in [5.74, 6) is 0.808. The second kappa shape index (κ2) is 20.2. The van der Waals surface area contributed by atoms with Crippen LogP contribution in [0.2, 0.25) is 0 Å². The van der Waals surface area contributed by atoms with Crippen LogP contribution in [0.4, 0.5) is 0 Å². The normalized spacial score (nSPS) is 7.50. The van der Waals surface area contributed by atoms with Crippen molar-refractivity contribution in [1.82, 2.24) is 0 Å². The van der Waals surface area contributed by atoms with Crippen LogP contribution in [-0.2, 0) is 9.47 Å². The highest BCUT2D eigenvalue weighted by Crippen LogP contribution is 1.84. The molecule has 0 amide bonds. The third-order valence-corrected chi connectivity index (χ3v) is 1.39. The maximum absolute atomic E-state index is 5.02. The highest BCUT2D eigenvalue weighted by atomic mass is 32.1. The van der Waals surface area contributed by atoms with Crippen molar-refractivity contribution >= 4 is 47.4 Å². The topological polar surface area (TPSA) is 70.5 Å². The molecule has 98 valence electrons. The van der Waals surface area contributed by atoms with Crippen molar-refractivity contribution in [1.29, 1.82) is 0 Å². The fraction of sp³-hybridized carbons (Fsp3) is 0.778. The summed E-state index contributed by atoms with van der Waals surface area (Å²) in [5, 5.41) is 0.240. The number of thiol groups is 1. The van der Waals surface area contributed by atoms with Crippen LogP contribution in [0.5, 0.6) is 0 Å². The van der Waals surface area contributed by atoms with E-state index in [-0.39, 0.29) is 10.3 Å². The van der Waals surface area contributed by atoms with Crippen LogP contribution in [0.15, 0.2) is 0 Å². The molecule has 0 radical (unpaired) electrons. The molecule has 16 heavy (non-hydrogen) atoms. The molecule has 0 rings (SSSR count). The van der Waals surface area contributed by atoms with Gasteiger partial charge in [-0.2, -0.15) is 12.6 Å². The Morgan fingerprint density at radius 3 is 1.75 bits per heavy atom. The Labute approximate surface area is 114 Å². The third kappa shape index (κ3) is 37.2. The molecule has 0 unspecified atom stereocenters. The Morgan fingerprint density at radius 2 is 1.56 bits per heavy atom. The first-order chi connectivity index (χ1) is 7.54. The molecule has 0 aromatic carbocycles. The zero-order valence-electron chi connectivity index (χ0n) is 10.1. The highest BCUT2D eigenvalue weighted by molar-refractivity contribution is 7.80. The first-order valence-corrected chi connectivity index (χ1v) is 6.44. The Balaban J connectivity index is -0.000000188. The number of ether oxygens (including phenoxy) is 2. The maximum atomic E-state index is 5.02. The van der Waals surface area contributed by atoms with E-state index in [9.17, 15) is 0 Å². The number of rotatable bonds is 4. The Bertz CT molecular complexity index is 169. The van der Waals surface area contributed by atoms with Gasteiger partial charge in [0, 0.05) is 0 Å². The Morgan fingerprint density at radius 1 is 1.12 bits per heavy atom. The van der Waals surface area contributed by atoms with E-state index in [1.54, 1.807) is 0 Å². The molecule has 7 heteroatoms. The SMILES string of the molecule is CC.CCOC(N)=S.NC(=S)OCCCS. The maximum Gasteiger partial charge on any atom is 0.253 e. The number of hydrogen-bond acceptors (Lipinski definition) is 5. The number of hydrogen-bond donors (Lipinski definition) is 3. The Kier molecular flexibility index (Phi) is 26.6. The molecule has 0 heterocycles. The summed E-state index contributed by atoms with van der Waals surface area (Å²) < 4.78 is 9.29. The van der Waals surface area contributed by atoms with Crippen LogP contribution in [0, 0.1) is 0 Å². The summed E-state index contributed by atoms with van der Waals surface area (Å²) in [7, 11) is 0. The molecule has 0 aromatic heterocycles. The van der Waals surface area contributed by atoms with Crippen LogP contribution in [-0.4, -0.2) is 29.3 Å². The van der Waals surface area contributed by atoms with E-state index in [0.717, 1.165) is 12.2 Å². The lowest BCUT2D eigenvalue weighted by Gasteiger charge is -1.98. The number of thiocarbonyl (C=S) groups is 2. The second-order valence-electron chi connectivity index (χ2n) is 2.00. The molecule has 0 atom stereocenters. The zero-order chi connectivity index (χ0) is 13.4. The molecule has 0 bridgehead atoms. The predicted molar refractivity (Wildman–Crippen MR) is 81.0 cm³/mol. The lowest BCUT2D eigenvalue weighted by atomic mass is 10.5. The first-order valence-electron chi connectivity index (χ1n) is 4.99. The zero-order valence-corrected chi connectivity index (χ0v) is 12.6. The highest BCUT2D eigenvalue weighted by Gasteiger charge is 1.85. The van der Waals surface area contributed by atoms with Crippen molar-refractivity contribution in [2.75, 3.05) is 19.0 Å². The summed E-state index contributed by atoms with van der Waals surface area (Å²) >= 11 is 12.7. The van der Waals surface area contributed by atoms with Crippen molar-refractivity contribution in [2.24, 2.45) is 11.5 Å². The van der Waals surface area contributed by atoms with Gasteiger partial charge in [-0.15, -0.1) is 0 Å². The van der Waals surface area contributed by atoms with Gasteiger partial charge in [-0.1, -0.05) is 13.8 Å². The molecule has 0 aromatic rings. The molecule has 0 aliphatic rings. The first kappa shape index (κ1) is 21.1. The lowest BCUT2D eigenvalue weighted by molar-refractivity contribution is 0.310. The summed E-state index contributed by atoms with van der Waals surface area (Å²) in [6.45, 7) is 6.98. The van der Waals surface area contributed by atoms with Crippen molar-refractivity contribution in [3.05, 3.63) is 0 Å². The second-order valence-corrected chi connectivity index (χ2v) is 3.25. The van der Waals surface area contributed by atoms with E-state index in [4.69, 9.17) is 16.2 Å². The largest absolute Gasteiger partial charge is 0.472 e. The van der Waals surface area contributed by atoms with Crippen LogP contribution in [0.3, 0.4) is 0 Å². The van der Waals surface area contributed by atoms with E-state index >= 15 is 0 Å². The van der Waals surface area contributed by atoms with Crippen LogP contribution in [0.1, 0.15) is 27.2 Å². The minimum Gasteiger partial charge on any atom is -0.472 e. The summed E-state index contributed by atoms with van der Waals surface area (Å²) in [6, 6.07) is 0. The molecule has 0 saturated carbocycles. The van der Waals surface area contributed by atoms with Gasteiger partial charge in [-0.3, -0.25) is 0 Å². The van der Waals surface area contributed by atoms with Crippen molar-refractivity contribution in [3.63, 3.8) is 0 Å². The minimum atomic E-state index is 0.117. The number of nitrogens with two attached hydrogens (primary N) is 2. The van der Waals surface area contributed by atoms with Gasteiger partial charge < -0.3 is 20.9 Å². The minimum absolute atomic E-state index is 0.117. The van der Waals surface area contributed by atoms with Gasteiger partial charge in [0.2, 0.25) is 0 Å². The van der Waals surface area contributed by atoms with Crippen molar-refractivity contribution in [3.8, 4) is 0 Å². The summed E-state index contributed by atoms with van der Waals surface area (Å²) in [5.41, 5.74) is 9.93. The van der Waals surface area contributed by atoms with Gasteiger partial charge in [0.1, 0.15) is 0 Å². The molecular formula is C9H22N2O2S3. The van der Waals surface area contributed by atoms with Crippen LogP contribution >= 0.6 is 37.1 Å². The fourth-order valence-corrected chi connectivity index (χ4v) is 0.710. The molecule has 0 aliphatic carbocycles. The van der Waals surface area contributed by atoms with Gasteiger partial charge in [-0.05, 0) is 43.5 Å². The van der Waals surface area contributed by atoms with E-state index in [0.29, 0.717) is 13.2 Å². The molecule has 0 spiro atoms. The molecule has 4 nitrogen and oxygen atoms in total. The quantitative estimate of drug-likeness (QED) is 0.416. The van der Waals surface area contributed by atoms with E-state index in [1.165, 1.54) is 0 Å². The molecule has 4 N–H and O–H groups in total. The van der Waals surface area contributed by atoms with Crippen LogP contribution < -0.4 is 11.5 Å². The molecule has 0 saturated heterocycles. The van der Waals surface area contributed by atoms with Gasteiger partial charge in [0.05, 0.1) is 13.2 Å². The third-order valence-electron chi connectivity index (χ3n) is 0.833. The lowest BCUT2D eigenvalue weighted by Crippen LogP contribution is -2.13. The van der Waals surface area contributed by atoms with Gasteiger partial charge in [0.15, 0.2) is 0 Å². The smallest absolute Gasteiger partial charge is 0.253 e. The molecular weight excluding hydrogens is 264 g/mol.